The summed E-state index contributed by atoms with van der Waals surface area (Å²) in [5.74, 6) is 0.371. The minimum atomic E-state index is -0.493. The number of nitrogens with one attached hydrogen (secondary N) is 1. The van der Waals surface area contributed by atoms with E-state index in [0.29, 0.717) is 30.2 Å². The molecular weight excluding hydrogens is 310 g/mol. The van der Waals surface area contributed by atoms with E-state index in [1.54, 1.807) is 25.1 Å². The molecule has 0 heterocycles. The second-order valence-electron chi connectivity index (χ2n) is 5.29. The molecule has 0 atom stereocenters. The fourth-order valence-corrected chi connectivity index (χ4v) is 2.10. The first-order chi connectivity index (χ1) is 11.5. The molecule has 2 aromatic carbocycles. The Labute approximate surface area is 139 Å². The number of benzene rings is 2. The van der Waals surface area contributed by atoms with Gasteiger partial charge in [-0.3, -0.25) is 14.9 Å². The van der Waals surface area contributed by atoms with Gasteiger partial charge in [0.15, 0.2) is 0 Å². The molecular formula is C17H19N3O4. The molecule has 1 amide bonds. The first-order valence-electron chi connectivity index (χ1n) is 7.49. The van der Waals surface area contributed by atoms with Gasteiger partial charge in [-0.15, -0.1) is 0 Å². The van der Waals surface area contributed by atoms with Gasteiger partial charge in [0.1, 0.15) is 5.75 Å². The van der Waals surface area contributed by atoms with Gasteiger partial charge < -0.3 is 15.8 Å². The number of carbonyl (C=O) groups excluding carboxylic acids is 1. The number of nitro benzene ring substituents is 1. The second kappa shape index (κ2) is 7.96. The van der Waals surface area contributed by atoms with Gasteiger partial charge in [0, 0.05) is 18.6 Å². The SMILES string of the molecule is Cc1ccc([N+](=O)[O-])cc1NC(=O)CCCOc1ccccc1N. The number of hydrogen-bond acceptors (Lipinski definition) is 5. The first kappa shape index (κ1) is 17.3. The molecule has 0 aliphatic carbocycles. The van der Waals surface area contributed by atoms with E-state index in [9.17, 15) is 14.9 Å². The van der Waals surface area contributed by atoms with Crippen molar-refractivity contribution < 1.29 is 14.5 Å². The smallest absolute Gasteiger partial charge is 0.271 e. The van der Waals surface area contributed by atoms with Gasteiger partial charge in [0.2, 0.25) is 5.91 Å². The summed E-state index contributed by atoms with van der Waals surface area (Å²) >= 11 is 0. The zero-order valence-electron chi connectivity index (χ0n) is 13.3. The molecule has 7 heteroatoms. The van der Waals surface area contributed by atoms with E-state index in [1.807, 2.05) is 12.1 Å². The molecule has 0 aromatic heterocycles. The van der Waals surface area contributed by atoms with Gasteiger partial charge in [-0.05, 0) is 31.0 Å². The number of nitrogen functional groups attached to an aromatic ring is 1. The van der Waals surface area contributed by atoms with E-state index in [4.69, 9.17) is 10.5 Å². The average Bonchev–Trinajstić information content (AvgIpc) is 2.55. The lowest BCUT2D eigenvalue weighted by Gasteiger charge is -2.10. The third-order valence-corrected chi connectivity index (χ3v) is 3.43. The fourth-order valence-electron chi connectivity index (χ4n) is 2.10. The van der Waals surface area contributed by atoms with Crippen LogP contribution in [-0.4, -0.2) is 17.4 Å². The van der Waals surface area contributed by atoms with Crippen molar-refractivity contribution in [3.05, 3.63) is 58.1 Å². The number of carbonyl (C=O) groups is 1. The van der Waals surface area contributed by atoms with Crippen LogP contribution >= 0.6 is 0 Å². The van der Waals surface area contributed by atoms with Gasteiger partial charge in [0.05, 0.1) is 22.9 Å². The predicted molar refractivity (Wildman–Crippen MR) is 92.0 cm³/mol. The lowest BCUT2D eigenvalue weighted by Crippen LogP contribution is -2.14. The van der Waals surface area contributed by atoms with E-state index in [0.717, 1.165) is 5.56 Å². The lowest BCUT2D eigenvalue weighted by molar-refractivity contribution is -0.384. The van der Waals surface area contributed by atoms with Crippen LogP contribution in [0.2, 0.25) is 0 Å². The summed E-state index contributed by atoms with van der Waals surface area (Å²) in [5, 5.41) is 13.5. The minimum Gasteiger partial charge on any atom is -0.491 e. The summed E-state index contributed by atoms with van der Waals surface area (Å²) in [4.78, 5) is 22.3. The van der Waals surface area contributed by atoms with Crippen LogP contribution in [0.1, 0.15) is 18.4 Å². The van der Waals surface area contributed by atoms with Crippen molar-refractivity contribution in [1.82, 2.24) is 0 Å². The average molecular weight is 329 g/mol. The summed E-state index contributed by atoms with van der Waals surface area (Å²) in [5.41, 5.74) is 7.47. The topological polar surface area (TPSA) is 107 Å². The molecule has 0 spiro atoms. The Morgan fingerprint density at radius 2 is 2.04 bits per heavy atom. The number of hydrogen-bond donors (Lipinski definition) is 2. The quantitative estimate of drug-likeness (QED) is 0.351. The standard InChI is InChI=1S/C17H19N3O4/c1-12-8-9-13(20(22)23)11-15(12)19-17(21)7-4-10-24-16-6-3-2-5-14(16)18/h2-3,5-6,8-9,11H,4,7,10,18H2,1H3,(H,19,21). The highest BCUT2D eigenvalue weighted by molar-refractivity contribution is 5.91. The minimum absolute atomic E-state index is 0.0567. The molecule has 0 aliphatic heterocycles. The van der Waals surface area contributed by atoms with E-state index in [1.165, 1.54) is 12.1 Å². The Morgan fingerprint density at radius 3 is 2.75 bits per heavy atom. The maximum absolute atomic E-state index is 12.0. The summed E-state index contributed by atoms with van der Waals surface area (Å²) in [6.07, 6.45) is 0.753. The molecule has 2 rings (SSSR count). The summed E-state index contributed by atoms with van der Waals surface area (Å²) in [7, 11) is 0. The molecule has 0 radical (unpaired) electrons. The molecule has 0 saturated heterocycles. The molecule has 0 unspecified atom stereocenters. The number of anilines is 2. The van der Waals surface area contributed by atoms with Crippen LogP contribution in [0.25, 0.3) is 0 Å². The third-order valence-electron chi connectivity index (χ3n) is 3.43. The lowest BCUT2D eigenvalue weighted by atomic mass is 10.1. The Kier molecular flexibility index (Phi) is 5.73. The Bertz CT molecular complexity index is 746. The van der Waals surface area contributed by atoms with Crippen LogP contribution in [-0.2, 0) is 4.79 Å². The van der Waals surface area contributed by atoms with Gasteiger partial charge in [-0.25, -0.2) is 0 Å². The Morgan fingerprint density at radius 1 is 1.29 bits per heavy atom. The number of aryl methyl sites for hydroxylation is 1. The monoisotopic (exact) mass is 329 g/mol. The molecule has 0 fully saturated rings. The van der Waals surface area contributed by atoms with Gasteiger partial charge in [-0.2, -0.15) is 0 Å². The molecule has 126 valence electrons. The Hall–Kier alpha value is -3.09. The number of nitro groups is 1. The zero-order chi connectivity index (χ0) is 17.5. The molecule has 2 aromatic rings. The zero-order valence-corrected chi connectivity index (χ0v) is 13.3. The van der Waals surface area contributed by atoms with E-state index in [2.05, 4.69) is 5.32 Å². The van der Waals surface area contributed by atoms with E-state index in [-0.39, 0.29) is 18.0 Å². The number of rotatable bonds is 7. The highest BCUT2D eigenvalue weighted by atomic mass is 16.6. The number of ether oxygens (including phenoxy) is 1. The van der Waals surface area contributed by atoms with E-state index < -0.39 is 4.92 Å². The van der Waals surface area contributed by atoms with Crippen LogP contribution in [0, 0.1) is 17.0 Å². The fraction of sp³-hybridized carbons (Fsp3) is 0.235. The number of nitrogens with zero attached hydrogens (tertiary/aromatic N) is 1. The van der Waals surface area contributed by atoms with Crippen LogP contribution in [0.3, 0.4) is 0 Å². The van der Waals surface area contributed by atoms with Crippen LogP contribution in [0.15, 0.2) is 42.5 Å². The molecule has 24 heavy (non-hydrogen) atoms. The summed E-state index contributed by atoms with van der Waals surface area (Å²) in [6.45, 7) is 2.14. The van der Waals surface area contributed by atoms with Crippen molar-refractivity contribution in [1.29, 1.82) is 0 Å². The predicted octanol–water partition coefficient (Wildman–Crippen LogP) is 3.28. The first-order valence-corrected chi connectivity index (χ1v) is 7.49. The highest BCUT2D eigenvalue weighted by Gasteiger charge is 2.11. The van der Waals surface area contributed by atoms with Crippen molar-refractivity contribution in [3.8, 4) is 5.75 Å². The van der Waals surface area contributed by atoms with Gasteiger partial charge >= 0.3 is 0 Å². The van der Waals surface area contributed by atoms with Crippen molar-refractivity contribution >= 4 is 23.0 Å². The number of non-ortho nitro benzene ring substituents is 1. The highest BCUT2D eigenvalue weighted by Crippen LogP contribution is 2.22. The van der Waals surface area contributed by atoms with Crippen LogP contribution in [0.5, 0.6) is 5.75 Å². The molecule has 0 bridgehead atoms. The van der Waals surface area contributed by atoms with Crippen molar-refractivity contribution in [2.24, 2.45) is 0 Å². The van der Waals surface area contributed by atoms with Crippen LogP contribution < -0.4 is 15.8 Å². The number of nitrogens with two attached hydrogens (primary N) is 1. The van der Waals surface area contributed by atoms with Gasteiger partial charge in [-0.1, -0.05) is 18.2 Å². The Balaban J connectivity index is 1.82. The summed E-state index contributed by atoms with van der Waals surface area (Å²) < 4.78 is 5.52. The maximum atomic E-state index is 12.0. The molecule has 0 saturated carbocycles. The van der Waals surface area contributed by atoms with Gasteiger partial charge in [0.25, 0.3) is 5.69 Å². The molecule has 0 aliphatic rings. The normalized spacial score (nSPS) is 10.2. The molecule has 3 N–H and O–H groups in total. The van der Waals surface area contributed by atoms with Crippen LogP contribution in [0.4, 0.5) is 17.1 Å². The second-order valence-corrected chi connectivity index (χ2v) is 5.29. The number of para-hydroxylation sites is 2. The summed E-state index contributed by atoms with van der Waals surface area (Å²) in [6, 6.07) is 11.5. The van der Waals surface area contributed by atoms with E-state index >= 15 is 0 Å². The number of amides is 1. The van der Waals surface area contributed by atoms with Crippen molar-refractivity contribution in [2.45, 2.75) is 19.8 Å². The third kappa shape index (κ3) is 4.70. The van der Waals surface area contributed by atoms with Crippen molar-refractivity contribution in [2.75, 3.05) is 17.7 Å². The maximum Gasteiger partial charge on any atom is 0.271 e. The van der Waals surface area contributed by atoms with Crippen molar-refractivity contribution in [3.63, 3.8) is 0 Å². The molecule has 7 nitrogen and oxygen atoms in total. The largest absolute Gasteiger partial charge is 0.491 e.